The lowest BCUT2D eigenvalue weighted by molar-refractivity contribution is 0.155. The van der Waals surface area contributed by atoms with Crippen molar-refractivity contribution >= 4 is 0 Å². The van der Waals surface area contributed by atoms with Gasteiger partial charge in [0, 0.05) is 13.2 Å². The van der Waals surface area contributed by atoms with E-state index in [1.807, 2.05) is 6.07 Å². The number of methoxy groups -OCH3 is 1. The Balaban J connectivity index is 2.72. The Bertz CT molecular complexity index is 297. The number of nitrogens with one attached hydrogen (secondary N) is 1. The van der Waals surface area contributed by atoms with E-state index in [1.54, 1.807) is 7.11 Å². The zero-order chi connectivity index (χ0) is 12.7. The van der Waals surface area contributed by atoms with Crippen LogP contribution in [0, 0.1) is 5.92 Å². The van der Waals surface area contributed by atoms with Crippen LogP contribution in [0.5, 0.6) is 0 Å². The van der Waals surface area contributed by atoms with Gasteiger partial charge in [-0.1, -0.05) is 51.1 Å². The summed E-state index contributed by atoms with van der Waals surface area (Å²) in [5, 5.41) is 3.70. The van der Waals surface area contributed by atoms with Crippen molar-refractivity contribution in [1.29, 1.82) is 0 Å². The Labute approximate surface area is 105 Å². The first kappa shape index (κ1) is 14.2. The third-order valence-electron chi connectivity index (χ3n) is 3.20. The van der Waals surface area contributed by atoms with Gasteiger partial charge in [-0.15, -0.1) is 0 Å². The molecule has 0 saturated heterocycles. The minimum absolute atomic E-state index is 0.286. The number of hydrogen-bond acceptors (Lipinski definition) is 2. The molecule has 1 rings (SSSR count). The average Bonchev–Trinajstić information content (AvgIpc) is 2.35. The molecular weight excluding hydrogens is 210 g/mol. The first-order valence-corrected chi connectivity index (χ1v) is 6.49. The molecule has 0 aliphatic rings. The van der Waals surface area contributed by atoms with Crippen LogP contribution >= 0.6 is 0 Å². The van der Waals surface area contributed by atoms with Crippen molar-refractivity contribution in [3.8, 4) is 0 Å². The van der Waals surface area contributed by atoms with E-state index in [9.17, 15) is 0 Å². The van der Waals surface area contributed by atoms with Crippen LogP contribution in [0.2, 0.25) is 0 Å². The third-order valence-corrected chi connectivity index (χ3v) is 3.20. The standard InChI is InChI=1S/C15H25NO/c1-5-14(12(2)3)16-15(11-17-4)13-9-7-6-8-10-13/h6-10,12,14-16H,5,11H2,1-4H3. The zero-order valence-corrected chi connectivity index (χ0v) is 11.4. The lowest BCUT2D eigenvalue weighted by atomic mass is 9.99. The predicted octanol–water partition coefficient (Wildman–Crippen LogP) is 3.40. The topological polar surface area (TPSA) is 21.3 Å². The van der Waals surface area contributed by atoms with Gasteiger partial charge < -0.3 is 10.1 Å². The van der Waals surface area contributed by atoms with Crippen LogP contribution in [0.3, 0.4) is 0 Å². The largest absolute Gasteiger partial charge is 0.383 e. The van der Waals surface area contributed by atoms with Crippen molar-refractivity contribution in [3.63, 3.8) is 0 Å². The Morgan fingerprint density at radius 1 is 1.18 bits per heavy atom. The molecule has 2 heteroatoms. The molecule has 0 bridgehead atoms. The zero-order valence-electron chi connectivity index (χ0n) is 11.4. The summed E-state index contributed by atoms with van der Waals surface area (Å²) in [6.45, 7) is 7.46. The van der Waals surface area contributed by atoms with E-state index in [2.05, 4.69) is 50.4 Å². The molecule has 0 fully saturated rings. The van der Waals surface area contributed by atoms with Gasteiger partial charge >= 0.3 is 0 Å². The van der Waals surface area contributed by atoms with Crippen LogP contribution in [0.1, 0.15) is 38.8 Å². The van der Waals surface area contributed by atoms with E-state index in [1.165, 1.54) is 5.56 Å². The summed E-state index contributed by atoms with van der Waals surface area (Å²) < 4.78 is 5.32. The highest BCUT2D eigenvalue weighted by Crippen LogP contribution is 2.17. The summed E-state index contributed by atoms with van der Waals surface area (Å²) in [5.41, 5.74) is 1.30. The van der Waals surface area contributed by atoms with Gasteiger partial charge in [-0.3, -0.25) is 0 Å². The van der Waals surface area contributed by atoms with Gasteiger partial charge in [0.2, 0.25) is 0 Å². The van der Waals surface area contributed by atoms with Gasteiger partial charge in [0.1, 0.15) is 0 Å². The predicted molar refractivity (Wildman–Crippen MR) is 73.1 cm³/mol. The molecule has 0 heterocycles. The van der Waals surface area contributed by atoms with E-state index in [4.69, 9.17) is 4.74 Å². The average molecular weight is 235 g/mol. The van der Waals surface area contributed by atoms with Crippen LogP contribution in [-0.4, -0.2) is 19.8 Å². The summed E-state index contributed by atoms with van der Waals surface area (Å²) in [7, 11) is 1.76. The fourth-order valence-electron chi connectivity index (χ4n) is 2.13. The number of rotatable bonds is 7. The molecule has 1 aromatic rings. The van der Waals surface area contributed by atoms with Crippen molar-refractivity contribution in [2.75, 3.05) is 13.7 Å². The summed E-state index contributed by atoms with van der Waals surface area (Å²) in [5.74, 6) is 0.642. The molecule has 0 spiro atoms. The fraction of sp³-hybridized carbons (Fsp3) is 0.600. The maximum Gasteiger partial charge on any atom is 0.0657 e. The Morgan fingerprint density at radius 3 is 2.29 bits per heavy atom. The lowest BCUT2D eigenvalue weighted by Crippen LogP contribution is -2.38. The van der Waals surface area contributed by atoms with E-state index >= 15 is 0 Å². The summed E-state index contributed by atoms with van der Waals surface area (Å²) in [4.78, 5) is 0. The maximum absolute atomic E-state index is 5.32. The minimum atomic E-state index is 0.286. The highest BCUT2D eigenvalue weighted by molar-refractivity contribution is 5.19. The summed E-state index contributed by atoms with van der Waals surface area (Å²) in [6, 6.07) is 11.3. The van der Waals surface area contributed by atoms with Crippen LogP contribution < -0.4 is 5.32 Å². The van der Waals surface area contributed by atoms with E-state index < -0.39 is 0 Å². The van der Waals surface area contributed by atoms with Gasteiger partial charge in [0.15, 0.2) is 0 Å². The molecule has 0 radical (unpaired) electrons. The molecule has 1 N–H and O–H groups in total. The van der Waals surface area contributed by atoms with Gasteiger partial charge in [-0.2, -0.15) is 0 Å². The molecule has 2 atom stereocenters. The van der Waals surface area contributed by atoms with Crippen molar-refractivity contribution in [2.24, 2.45) is 5.92 Å². The molecule has 1 aromatic carbocycles. The second-order valence-corrected chi connectivity index (χ2v) is 4.84. The number of ether oxygens (including phenoxy) is 1. The van der Waals surface area contributed by atoms with Gasteiger partial charge in [-0.05, 0) is 17.9 Å². The molecule has 0 saturated carbocycles. The fourth-order valence-corrected chi connectivity index (χ4v) is 2.13. The molecular formula is C15H25NO. The van der Waals surface area contributed by atoms with Gasteiger partial charge in [0.05, 0.1) is 12.6 Å². The van der Waals surface area contributed by atoms with E-state index in [-0.39, 0.29) is 6.04 Å². The highest BCUT2D eigenvalue weighted by Gasteiger charge is 2.17. The van der Waals surface area contributed by atoms with Gasteiger partial charge in [-0.25, -0.2) is 0 Å². The molecule has 2 unspecified atom stereocenters. The first-order chi connectivity index (χ1) is 8.19. The molecule has 0 aliphatic heterocycles. The maximum atomic E-state index is 5.32. The van der Waals surface area contributed by atoms with Crippen LogP contribution in [0.4, 0.5) is 0 Å². The first-order valence-electron chi connectivity index (χ1n) is 6.49. The number of hydrogen-bond donors (Lipinski definition) is 1. The smallest absolute Gasteiger partial charge is 0.0657 e. The van der Waals surface area contributed by atoms with Crippen LogP contribution in [0.25, 0.3) is 0 Å². The second-order valence-electron chi connectivity index (χ2n) is 4.84. The van der Waals surface area contributed by atoms with E-state index in [0.717, 1.165) is 6.42 Å². The normalized spacial score (nSPS) is 14.9. The Kier molecular flexibility index (Phi) is 6.23. The monoisotopic (exact) mass is 235 g/mol. The van der Waals surface area contributed by atoms with Gasteiger partial charge in [0.25, 0.3) is 0 Å². The van der Waals surface area contributed by atoms with Crippen LogP contribution in [0.15, 0.2) is 30.3 Å². The number of benzene rings is 1. The van der Waals surface area contributed by atoms with Crippen molar-refractivity contribution in [3.05, 3.63) is 35.9 Å². The molecule has 17 heavy (non-hydrogen) atoms. The molecule has 0 aliphatic carbocycles. The highest BCUT2D eigenvalue weighted by atomic mass is 16.5. The molecule has 96 valence electrons. The minimum Gasteiger partial charge on any atom is -0.383 e. The van der Waals surface area contributed by atoms with Crippen molar-refractivity contribution in [2.45, 2.75) is 39.3 Å². The second kappa shape index (κ2) is 7.46. The summed E-state index contributed by atoms with van der Waals surface area (Å²) in [6.07, 6.45) is 1.14. The van der Waals surface area contributed by atoms with Crippen LogP contribution in [-0.2, 0) is 4.74 Å². The SMILES string of the molecule is CCC(NC(COC)c1ccccc1)C(C)C. The Hall–Kier alpha value is -0.860. The summed E-state index contributed by atoms with van der Waals surface area (Å²) >= 11 is 0. The molecule has 0 aromatic heterocycles. The van der Waals surface area contributed by atoms with Crippen molar-refractivity contribution in [1.82, 2.24) is 5.32 Å². The van der Waals surface area contributed by atoms with Crippen molar-refractivity contribution < 1.29 is 4.74 Å². The van der Waals surface area contributed by atoms with E-state index in [0.29, 0.717) is 18.6 Å². The molecule has 2 nitrogen and oxygen atoms in total. The lowest BCUT2D eigenvalue weighted by Gasteiger charge is -2.27. The third kappa shape index (κ3) is 4.49. The Morgan fingerprint density at radius 2 is 1.82 bits per heavy atom. The quantitative estimate of drug-likeness (QED) is 0.782. The molecule has 0 amide bonds.